The molecule has 1 aromatic carbocycles. The number of carbonyl (C=O) groups is 1. The van der Waals surface area contributed by atoms with Gasteiger partial charge in [-0.25, -0.2) is 4.98 Å². The van der Waals surface area contributed by atoms with Gasteiger partial charge in [-0.1, -0.05) is 30.0 Å². The van der Waals surface area contributed by atoms with E-state index in [2.05, 4.69) is 10.3 Å². The Kier molecular flexibility index (Phi) is 6.18. The first kappa shape index (κ1) is 19.4. The van der Waals surface area contributed by atoms with Crippen molar-refractivity contribution < 1.29 is 9.53 Å². The molecule has 0 saturated heterocycles. The molecule has 3 rings (SSSR count). The van der Waals surface area contributed by atoms with Crippen LogP contribution in [0.4, 0.5) is 0 Å². The third-order valence-electron chi connectivity index (χ3n) is 3.83. The summed E-state index contributed by atoms with van der Waals surface area (Å²) in [6, 6.07) is 9.47. The topological polar surface area (TPSA) is 73.2 Å². The number of para-hydroxylation sites is 1. The van der Waals surface area contributed by atoms with Gasteiger partial charge in [0.25, 0.3) is 5.56 Å². The summed E-state index contributed by atoms with van der Waals surface area (Å²) in [5.41, 5.74) is 1.44. The van der Waals surface area contributed by atoms with Gasteiger partial charge in [0.05, 0.1) is 24.9 Å². The fraction of sp³-hybridized carbons (Fsp3) is 0.316. The van der Waals surface area contributed by atoms with Crippen molar-refractivity contribution in [2.45, 2.75) is 31.6 Å². The van der Waals surface area contributed by atoms with E-state index >= 15 is 0 Å². The van der Waals surface area contributed by atoms with E-state index in [0.29, 0.717) is 27.7 Å². The minimum atomic E-state index is -0.104. The van der Waals surface area contributed by atoms with Crippen molar-refractivity contribution in [2.75, 3.05) is 12.9 Å². The van der Waals surface area contributed by atoms with E-state index in [1.165, 1.54) is 23.1 Å². The SMILES string of the molecule is COc1ccccc1Cn1c(SCC(=O)NC(C)C)nc2ccsc2c1=O. The van der Waals surface area contributed by atoms with E-state index < -0.39 is 0 Å². The van der Waals surface area contributed by atoms with Gasteiger partial charge in [0, 0.05) is 11.6 Å². The van der Waals surface area contributed by atoms with E-state index in [0.717, 1.165) is 5.56 Å². The Bertz CT molecular complexity index is 1010. The molecule has 0 aliphatic rings. The van der Waals surface area contributed by atoms with Crippen LogP contribution in [0.5, 0.6) is 5.75 Å². The number of nitrogens with zero attached hydrogens (tertiary/aromatic N) is 2. The monoisotopic (exact) mass is 403 g/mol. The molecular weight excluding hydrogens is 382 g/mol. The number of fused-ring (bicyclic) bond motifs is 1. The molecule has 0 fully saturated rings. The van der Waals surface area contributed by atoms with Crippen LogP contribution in [0.25, 0.3) is 10.2 Å². The van der Waals surface area contributed by atoms with E-state index in [1.54, 1.807) is 11.7 Å². The predicted molar refractivity (Wildman–Crippen MR) is 110 cm³/mol. The molecule has 1 N–H and O–H groups in total. The summed E-state index contributed by atoms with van der Waals surface area (Å²) in [4.78, 5) is 29.7. The van der Waals surface area contributed by atoms with E-state index in [-0.39, 0.29) is 23.3 Å². The normalized spacial score (nSPS) is 11.1. The lowest BCUT2D eigenvalue weighted by Gasteiger charge is -2.14. The Balaban J connectivity index is 1.97. The zero-order valence-electron chi connectivity index (χ0n) is 15.4. The van der Waals surface area contributed by atoms with Crippen molar-refractivity contribution in [1.82, 2.24) is 14.9 Å². The first-order valence-corrected chi connectivity index (χ1v) is 10.4. The van der Waals surface area contributed by atoms with Gasteiger partial charge in [0.15, 0.2) is 5.16 Å². The molecule has 0 spiro atoms. The summed E-state index contributed by atoms with van der Waals surface area (Å²) >= 11 is 2.64. The highest BCUT2D eigenvalue weighted by Gasteiger charge is 2.16. The molecule has 6 nitrogen and oxygen atoms in total. The number of benzene rings is 1. The van der Waals surface area contributed by atoms with Crippen LogP contribution in [-0.4, -0.2) is 34.4 Å². The second kappa shape index (κ2) is 8.58. The molecule has 0 bridgehead atoms. The van der Waals surface area contributed by atoms with Gasteiger partial charge in [-0.2, -0.15) is 0 Å². The number of carbonyl (C=O) groups excluding carboxylic acids is 1. The Labute approximate surface area is 165 Å². The van der Waals surface area contributed by atoms with Crippen molar-refractivity contribution in [3.05, 3.63) is 51.6 Å². The van der Waals surface area contributed by atoms with Crippen molar-refractivity contribution in [3.63, 3.8) is 0 Å². The minimum absolute atomic E-state index is 0.0705. The summed E-state index contributed by atoms with van der Waals surface area (Å²) in [6.07, 6.45) is 0. The number of thioether (sulfide) groups is 1. The Morgan fingerprint density at radius 2 is 2.11 bits per heavy atom. The predicted octanol–water partition coefficient (Wildman–Crippen LogP) is 3.13. The number of thiophene rings is 1. The van der Waals surface area contributed by atoms with Crippen LogP contribution in [0.15, 0.2) is 45.7 Å². The minimum Gasteiger partial charge on any atom is -0.496 e. The number of hydrogen-bond donors (Lipinski definition) is 1. The fourth-order valence-corrected chi connectivity index (χ4v) is 4.26. The van der Waals surface area contributed by atoms with Crippen LogP contribution in [0.2, 0.25) is 0 Å². The molecular formula is C19H21N3O3S2. The maximum atomic E-state index is 13.0. The van der Waals surface area contributed by atoms with Gasteiger partial charge in [0.2, 0.25) is 5.91 Å². The van der Waals surface area contributed by atoms with Gasteiger partial charge in [0.1, 0.15) is 10.4 Å². The van der Waals surface area contributed by atoms with Gasteiger partial charge < -0.3 is 10.1 Å². The highest BCUT2D eigenvalue weighted by atomic mass is 32.2. The average molecular weight is 404 g/mol. The molecule has 2 heterocycles. The Hall–Kier alpha value is -2.32. The third kappa shape index (κ3) is 4.51. The summed E-state index contributed by atoms with van der Waals surface area (Å²) in [6.45, 7) is 4.16. The van der Waals surface area contributed by atoms with Crippen LogP contribution in [0.3, 0.4) is 0 Å². The maximum Gasteiger partial charge on any atom is 0.272 e. The van der Waals surface area contributed by atoms with E-state index in [9.17, 15) is 9.59 Å². The van der Waals surface area contributed by atoms with Gasteiger partial charge in [-0.3, -0.25) is 14.2 Å². The maximum absolute atomic E-state index is 13.0. The highest BCUT2D eigenvalue weighted by molar-refractivity contribution is 7.99. The number of methoxy groups -OCH3 is 1. The largest absolute Gasteiger partial charge is 0.496 e. The van der Waals surface area contributed by atoms with Crippen molar-refractivity contribution in [2.24, 2.45) is 0 Å². The van der Waals surface area contributed by atoms with E-state index in [1.807, 2.05) is 49.6 Å². The molecule has 27 heavy (non-hydrogen) atoms. The molecule has 1 amide bonds. The number of rotatable bonds is 7. The second-order valence-corrected chi connectivity index (χ2v) is 8.10. The lowest BCUT2D eigenvalue weighted by atomic mass is 10.2. The summed E-state index contributed by atoms with van der Waals surface area (Å²) in [5, 5.41) is 5.23. The van der Waals surface area contributed by atoms with Gasteiger partial charge in [-0.05, 0) is 31.4 Å². The zero-order valence-corrected chi connectivity index (χ0v) is 17.0. The molecule has 142 valence electrons. The highest BCUT2D eigenvalue weighted by Crippen LogP contribution is 2.24. The molecule has 8 heteroatoms. The van der Waals surface area contributed by atoms with Crippen LogP contribution < -0.4 is 15.6 Å². The molecule has 0 aliphatic carbocycles. The number of aromatic nitrogens is 2. The number of amides is 1. The van der Waals surface area contributed by atoms with E-state index in [4.69, 9.17) is 4.74 Å². The van der Waals surface area contributed by atoms with Crippen LogP contribution in [-0.2, 0) is 11.3 Å². The smallest absolute Gasteiger partial charge is 0.272 e. The van der Waals surface area contributed by atoms with Crippen LogP contribution in [0.1, 0.15) is 19.4 Å². The number of hydrogen-bond acceptors (Lipinski definition) is 6. The first-order valence-electron chi connectivity index (χ1n) is 8.51. The third-order valence-corrected chi connectivity index (χ3v) is 5.70. The lowest BCUT2D eigenvalue weighted by Crippen LogP contribution is -2.32. The zero-order chi connectivity index (χ0) is 19.4. The first-order chi connectivity index (χ1) is 13.0. The summed E-state index contributed by atoms with van der Waals surface area (Å²) in [5.74, 6) is 0.828. The summed E-state index contributed by atoms with van der Waals surface area (Å²) in [7, 11) is 1.61. The van der Waals surface area contributed by atoms with Crippen molar-refractivity contribution >= 4 is 39.2 Å². The standard InChI is InChI=1S/C19H21N3O3S2/c1-12(2)20-16(23)11-27-19-21-14-8-9-26-17(14)18(24)22(19)10-13-6-4-5-7-15(13)25-3/h4-9,12H,10-11H2,1-3H3,(H,20,23). The Morgan fingerprint density at radius 3 is 2.85 bits per heavy atom. The second-order valence-electron chi connectivity index (χ2n) is 6.24. The fourth-order valence-electron chi connectivity index (χ4n) is 2.67. The lowest BCUT2D eigenvalue weighted by molar-refractivity contribution is -0.119. The number of ether oxygens (including phenoxy) is 1. The van der Waals surface area contributed by atoms with Crippen LogP contribution in [0, 0.1) is 0 Å². The van der Waals surface area contributed by atoms with Gasteiger partial charge >= 0.3 is 0 Å². The Morgan fingerprint density at radius 1 is 1.33 bits per heavy atom. The van der Waals surface area contributed by atoms with Gasteiger partial charge in [-0.15, -0.1) is 11.3 Å². The average Bonchev–Trinajstić information content (AvgIpc) is 3.11. The molecule has 2 aromatic heterocycles. The van der Waals surface area contributed by atoms with Crippen molar-refractivity contribution in [3.8, 4) is 5.75 Å². The quantitative estimate of drug-likeness (QED) is 0.485. The number of nitrogens with one attached hydrogen (secondary N) is 1. The summed E-state index contributed by atoms with van der Waals surface area (Å²) < 4.78 is 7.63. The molecule has 0 aliphatic heterocycles. The molecule has 0 radical (unpaired) electrons. The van der Waals surface area contributed by atoms with Crippen LogP contribution >= 0.6 is 23.1 Å². The molecule has 0 unspecified atom stereocenters. The molecule has 0 saturated carbocycles. The molecule has 3 aromatic rings. The molecule has 0 atom stereocenters. The van der Waals surface area contributed by atoms with Crippen molar-refractivity contribution in [1.29, 1.82) is 0 Å².